The highest BCUT2D eigenvalue weighted by atomic mass is 35.5. The van der Waals surface area contributed by atoms with Gasteiger partial charge in [0.05, 0.1) is 29.0 Å². The molecule has 116 valence electrons. The van der Waals surface area contributed by atoms with Crippen molar-refractivity contribution in [2.75, 3.05) is 31.3 Å². The first-order chi connectivity index (χ1) is 9.86. The van der Waals surface area contributed by atoms with Gasteiger partial charge >= 0.3 is 5.97 Å². The summed E-state index contributed by atoms with van der Waals surface area (Å²) in [6.07, 6.45) is 3.56. The lowest BCUT2D eigenvalue weighted by Gasteiger charge is -2.31. The Bertz CT molecular complexity index is 542. The molecule has 1 aromatic carbocycles. The van der Waals surface area contributed by atoms with Crippen molar-refractivity contribution in [3.63, 3.8) is 0 Å². The van der Waals surface area contributed by atoms with Gasteiger partial charge in [-0.05, 0) is 25.0 Å². The predicted molar refractivity (Wildman–Crippen MR) is 83.9 cm³/mol. The normalized spacial score (nSPS) is 16.8. The number of carbonyl (C=O) groups excluding carboxylic acids is 1. The van der Waals surface area contributed by atoms with Crippen LogP contribution in [-0.4, -0.2) is 37.4 Å². The Kier molecular flexibility index (Phi) is 4.64. The third-order valence-corrected chi connectivity index (χ3v) is 4.23. The van der Waals surface area contributed by atoms with Crippen LogP contribution in [0.2, 0.25) is 5.02 Å². The van der Waals surface area contributed by atoms with Crippen molar-refractivity contribution in [2.45, 2.75) is 31.3 Å². The molecule has 5 nitrogen and oxygen atoms in total. The average Bonchev–Trinajstić information content (AvgIpc) is 2.82. The van der Waals surface area contributed by atoms with E-state index in [2.05, 4.69) is 0 Å². The number of esters is 1. The number of anilines is 2. The quantitative estimate of drug-likeness (QED) is 0.660. The Labute approximate surface area is 129 Å². The number of nitrogens with zero attached hydrogens (tertiary/aromatic N) is 1. The van der Waals surface area contributed by atoms with Crippen molar-refractivity contribution >= 4 is 28.9 Å². The zero-order chi connectivity index (χ0) is 15.6. The number of methoxy groups -OCH3 is 1. The zero-order valence-corrected chi connectivity index (χ0v) is 13.1. The lowest BCUT2D eigenvalue weighted by Crippen LogP contribution is -2.39. The molecular formula is C15H21ClN2O3. The molecule has 1 aliphatic rings. The molecule has 0 bridgehead atoms. The minimum atomic E-state index is -0.729. The highest BCUT2D eigenvalue weighted by Gasteiger charge is 2.33. The zero-order valence-electron chi connectivity index (χ0n) is 12.4. The Morgan fingerprint density at radius 3 is 2.67 bits per heavy atom. The SMILES string of the molecule is COC(=O)c1cc(N)cc(Cl)c1N(C)CC1(O)CCCC1. The fourth-order valence-corrected chi connectivity index (χ4v) is 3.36. The van der Waals surface area contributed by atoms with E-state index in [0.29, 0.717) is 28.5 Å². The minimum Gasteiger partial charge on any atom is -0.465 e. The Morgan fingerprint density at radius 1 is 1.48 bits per heavy atom. The van der Waals surface area contributed by atoms with Gasteiger partial charge in [0.2, 0.25) is 0 Å². The van der Waals surface area contributed by atoms with Gasteiger partial charge in [0.25, 0.3) is 0 Å². The van der Waals surface area contributed by atoms with E-state index in [9.17, 15) is 9.90 Å². The van der Waals surface area contributed by atoms with Crippen LogP contribution in [0.25, 0.3) is 0 Å². The van der Waals surface area contributed by atoms with Gasteiger partial charge in [-0.3, -0.25) is 0 Å². The lowest BCUT2D eigenvalue weighted by molar-refractivity contribution is 0.0549. The molecule has 0 atom stereocenters. The standard InChI is InChI=1S/C15H21ClN2O3/c1-18(9-15(20)5-3-4-6-15)13-11(14(19)21-2)7-10(17)8-12(13)16/h7-8,20H,3-6,9,17H2,1-2H3. The van der Waals surface area contributed by atoms with Crippen LogP contribution in [0.1, 0.15) is 36.0 Å². The van der Waals surface area contributed by atoms with Crippen LogP contribution in [0.3, 0.4) is 0 Å². The molecule has 21 heavy (non-hydrogen) atoms. The molecule has 0 spiro atoms. The number of benzene rings is 1. The number of carbonyl (C=O) groups is 1. The summed E-state index contributed by atoms with van der Waals surface area (Å²) in [6.45, 7) is 0.417. The Balaban J connectivity index is 2.35. The summed E-state index contributed by atoms with van der Waals surface area (Å²) in [5.74, 6) is -0.496. The minimum absolute atomic E-state index is 0.312. The average molecular weight is 313 g/mol. The molecule has 1 aromatic rings. The lowest BCUT2D eigenvalue weighted by atomic mass is 10.0. The molecule has 1 aliphatic carbocycles. The van der Waals surface area contributed by atoms with Gasteiger partial charge in [-0.1, -0.05) is 24.4 Å². The van der Waals surface area contributed by atoms with Gasteiger partial charge < -0.3 is 20.5 Å². The summed E-state index contributed by atoms with van der Waals surface area (Å²) in [7, 11) is 3.12. The molecule has 2 rings (SSSR count). The maximum Gasteiger partial charge on any atom is 0.340 e. The van der Waals surface area contributed by atoms with Crippen molar-refractivity contribution in [2.24, 2.45) is 0 Å². The van der Waals surface area contributed by atoms with E-state index in [0.717, 1.165) is 25.7 Å². The van der Waals surface area contributed by atoms with Crippen LogP contribution in [0.15, 0.2) is 12.1 Å². The van der Waals surface area contributed by atoms with Crippen molar-refractivity contribution in [3.8, 4) is 0 Å². The largest absolute Gasteiger partial charge is 0.465 e. The van der Waals surface area contributed by atoms with Crippen molar-refractivity contribution < 1.29 is 14.6 Å². The molecule has 0 aromatic heterocycles. The van der Waals surface area contributed by atoms with Crippen molar-refractivity contribution in [3.05, 3.63) is 22.7 Å². The first-order valence-corrected chi connectivity index (χ1v) is 7.35. The predicted octanol–water partition coefficient (Wildman–Crippen LogP) is 2.45. The van der Waals surface area contributed by atoms with Gasteiger partial charge in [0.15, 0.2) is 0 Å². The van der Waals surface area contributed by atoms with E-state index in [4.69, 9.17) is 22.1 Å². The molecule has 0 saturated heterocycles. The van der Waals surface area contributed by atoms with Gasteiger partial charge in [-0.2, -0.15) is 0 Å². The molecule has 0 unspecified atom stereocenters. The monoisotopic (exact) mass is 312 g/mol. The van der Waals surface area contributed by atoms with Crippen LogP contribution < -0.4 is 10.6 Å². The summed E-state index contributed by atoms with van der Waals surface area (Å²) in [4.78, 5) is 13.7. The second-order valence-electron chi connectivity index (χ2n) is 5.68. The van der Waals surface area contributed by atoms with Gasteiger partial charge in [-0.25, -0.2) is 4.79 Å². The second-order valence-corrected chi connectivity index (χ2v) is 6.09. The maximum atomic E-state index is 11.9. The summed E-state index contributed by atoms with van der Waals surface area (Å²) in [6, 6.07) is 3.14. The molecule has 0 heterocycles. The van der Waals surface area contributed by atoms with E-state index in [1.54, 1.807) is 24.1 Å². The summed E-state index contributed by atoms with van der Waals surface area (Å²) in [5, 5.41) is 10.9. The maximum absolute atomic E-state index is 11.9. The van der Waals surface area contributed by atoms with E-state index in [-0.39, 0.29) is 0 Å². The number of nitrogen functional groups attached to an aromatic ring is 1. The van der Waals surface area contributed by atoms with Crippen molar-refractivity contribution in [1.29, 1.82) is 0 Å². The number of likely N-dealkylation sites (N-methyl/N-ethyl adjacent to an activating group) is 1. The summed E-state index contributed by atoms with van der Waals surface area (Å²) in [5.41, 5.74) is 6.27. The Hall–Kier alpha value is -1.46. The number of hydrogen-bond donors (Lipinski definition) is 2. The number of rotatable bonds is 4. The van der Waals surface area contributed by atoms with Gasteiger partial charge in [-0.15, -0.1) is 0 Å². The topological polar surface area (TPSA) is 75.8 Å². The van der Waals surface area contributed by atoms with Crippen LogP contribution >= 0.6 is 11.6 Å². The first kappa shape index (κ1) is 15.9. The van der Waals surface area contributed by atoms with E-state index < -0.39 is 11.6 Å². The number of nitrogens with two attached hydrogens (primary N) is 1. The van der Waals surface area contributed by atoms with E-state index in [1.165, 1.54) is 7.11 Å². The molecule has 1 fully saturated rings. The van der Waals surface area contributed by atoms with Crippen LogP contribution in [-0.2, 0) is 4.74 Å². The summed E-state index contributed by atoms with van der Waals surface area (Å²) < 4.78 is 4.79. The number of ether oxygens (including phenoxy) is 1. The molecule has 0 amide bonds. The Morgan fingerprint density at radius 2 is 2.10 bits per heavy atom. The molecule has 0 aliphatic heterocycles. The first-order valence-electron chi connectivity index (χ1n) is 6.97. The van der Waals surface area contributed by atoms with Crippen LogP contribution in [0.5, 0.6) is 0 Å². The molecular weight excluding hydrogens is 292 g/mol. The molecule has 0 radical (unpaired) electrons. The molecule has 3 N–H and O–H groups in total. The molecule has 1 saturated carbocycles. The highest BCUT2D eigenvalue weighted by Crippen LogP contribution is 2.36. The third-order valence-electron chi connectivity index (χ3n) is 3.94. The second kappa shape index (κ2) is 6.12. The fraction of sp³-hybridized carbons (Fsp3) is 0.533. The summed E-state index contributed by atoms with van der Waals surface area (Å²) >= 11 is 6.25. The van der Waals surface area contributed by atoms with Crippen LogP contribution in [0, 0.1) is 0 Å². The van der Waals surface area contributed by atoms with Crippen molar-refractivity contribution in [1.82, 2.24) is 0 Å². The molecule has 6 heteroatoms. The third kappa shape index (κ3) is 3.41. The fourth-order valence-electron chi connectivity index (χ4n) is 2.99. The number of aliphatic hydroxyl groups is 1. The number of hydrogen-bond acceptors (Lipinski definition) is 5. The van der Waals surface area contributed by atoms with E-state index in [1.807, 2.05) is 0 Å². The van der Waals surface area contributed by atoms with Crippen LogP contribution in [0.4, 0.5) is 11.4 Å². The number of halogens is 1. The van der Waals surface area contributed by atoms with Gasteiger partial charge in [0.1, 0.15) is 0 Å². The smallest absolute Gasteiger partial charge is 0.340 e. The van der Waals surface area contributed by atoms with Gasteiger partial charge in [0, 0.05) is 19.3 Å². The van der Waals surface area contributed by atoms with E-state index >= 15 is 0 Å². The highest BCUT2D eigenvalue weighted by molar-refractivity contribution is 6.34.